The Labute approximate surface area is 107 Å². The zero-order valence-electron chi connectivity index (χ0n) is 10.6. The number of carbonyl (C=O) groups excluding carboxylic acids is 1. The second-order valence-electron chi connectivity index (χ2n) is 5.44. The van der Waals surface area contributed by atoms with E-state index in [1.807, 2.05) is 18.2 Å². The molecular formula is C14H18N2O2. The van der Waals surface area contributed by atoms with Crippen LogP contribution in [0.1, 0.15) is 31.7 Å². The third kappa shape index (κ3) is 2.20. The van der Waals surface area contributed by atoms with Crippen LogP contribution < -0.4 is 15.4 Å². The van der Waals surface area contributed by atoms with Gasteiger partial charge in [0.05, 0.1) is 5.69 Å². The molecule has 1 amide bonds. The minimum Gasteiger partial charge on any atom is -0.482 e. The molecule has 0 unspecified atom stereocenters. The van der Waals surface area contributed by atoms with Crippen molar-refractivity contribution in [3.05, 3.63) is 23.8 Å². The van der Waals surface area contributed by atoms with Gasteiger partial charge in [0.25, 0.3) is 5.91 Å². The molecule has 1 heterocycles. The molecule has 3 rings (SSSR count). The third-order valence-corrected chi connectivity index (χ3v) is 3.85. The highest BCUT2D eigenvalue weighted by atomic mass is 16.5. The molecule has 96 valence electrons. The van der Waals surface area contributed by atoms with E-state index in [1.165, 1.54) is 24.8 Å². The molecule has 1 aliphatic carbocycles. The maximum Gasteiger partial charge on any atom is 0.262 e. The van der Waals surface area contributed by atoms with Gasteiger partial charge in [-0.3, -0.25) is 4.79 Å². The Hall–Kier alpha value is -1.55. The summed E-state index contributed by atoms with van der Waals surface area (Å²) in [5.41, 5.74) is 2.26. The molecule has 1 fully saturated rings. The minimum absolute atomic E-state index is 0.0847. The molecule has 2 aliphatic rings. The Balaban J connectivity index is 1.69. The van der Waals surface area contributed by atoms with Crippen LogP contribution in [0, 0.1) is 0 Å². The van der Waals surface area contributed by atoms with Gasteiger partial charge in [0, 0.05) is 12.1 Å². The van der Waals surface area contributed by atoms with Crippen molar-refractivity contribution in [3.8, 4) is 5.75 Å². The number of amides is 1. The van der Waals surface area contributed by atoms with Crippen LogP contribution in [-0.2, 0) is 11.3 Å². The summed E-state index contributed by atoms with van der Waals surface area (Å²) in [7, 11) is 0. The molecule has 1 aromatic rings. The molecule has 0 spiro atoms. The van der Waals surface area contributed by atoms with Gasteiger partial charge in [0.2, 0.25) is 0 Å². The maximum absolute atomic E-state index is 11.3. The second kappa shape index (κ2) is 4.28. The first-order valence-corrected chi connectivity index (χ1v) is 6.45. The Bertz CT molecular complexity index is 481. The Morgan fingerprint density at radius 3 is 3.00 bits per heavy atom. The summed E-state index contributed by atoms with van der Waals surface area (Å²) < 4.78 is 5.34. The van der Waals surface area contributed by atoms with E-state index < -0.39 is 0 Å². The fraction of sp³-hybridized carbons (Fsp3) is 0.500. The average molecular weight is 246 g/mol. The van der Waals surface area contributed by atoms with Crippen molar-refractivity contribution in [2.75, 3.05) is 11.9 Å². The van der Waals surface area contributed by atoms with Crippen molar-refractivity contribution in [3.63, 3.8) is 0 Å². The molecule has 0 saturated heterocycles. The fourth-order valence-corrected chi connectivity index (χ4v) is 2.44. The first kappa shape index (κ1) is 11.5. The van der Waals surface area contributed by atoms with Crippen LogP contribution in [0.3, 0.4) is 0 Å². The van der Waals surface area contributed by atoms with Crippen molar-refractivity contribution in [1.29, 1.82) is 0 Å². The molecule has 1 aliphatic heterocycles. The average Bonchev–Trinajstić information content (AvgIpc) is 2.33. The molecule has 0 aromatic heterocycles. The fourth-order valence-electron chi connectivity index (χ4n) is 2.44. The second-order valence-corrected chi connectivity index (χ2v) is 5.44. The number of benzene rings is 1. The van der Waals surface area contributed by atoms with Crippen molar-refractivity contribution >= 4 is 11.6 Å². The molecule has 4 heteroatoms. The smallest absolute Gasteiger partial charge is 0.262 e. The van der Waals surface area contributed by atoms with Crippen molar-refractivity contribution in [2.24, 2.45) is 0 Å². The molecule has 0 bridgehead atoms. The van der Waals surface area contributed by atoms with Crippen LogP contribution in [0.4, 0.5) is 5.69 Å². The van der Waals surface area contributed by atoms with Crippen molar-refractivity contribution in [2.45, 2.75) is 38.3 Å². The summed E-state index contributed by atoms with van der Waals surface area (Å²) in [6.07, 6.45) is 3.81. The van der Waals surface area contributed by atoms with Gasteiger partial charge in [0.15, 0.2) is 6.61 Å². The highest BCUT2D eigenvalue weighted by Crippen LogP contribution is 2.32. The lowest BCUT2D eigenvalue weighted by molar-refractivity contribution is -0.118. The molecule has 4 nitrogen and oxygen atoms in total. The van der Waals surface area contributed by atoms with Crippen molar-refractivity contribution < 1.29 is 9.53 Å². The number of hydrogen-bond acceptors (Lipinski definition) is 3. The lowest BCUT2D eigenvalue weighted by Gasteiger charge is -2.39. The van der Waals surface area contributed by atoms with Crippen LogP contribution in [0.2, 0.25) is 0 Å². The summed E-state index contributed by atoms with van der Waals surface area (Å²) in [6, 6.07) is 5.96. The lowest BCUT2D eigenvalue weighted by Crippen LogP contribution is -2.47. The number of fused-ring (bicyclic) bond motifs is 1. The highest BCUT2D eigenvalue weighted by molar-refractivity contribution is 5.95. The minimum atomic E-state index is -0.0847. The van der Waals surface area contributed by atoms with E-state index in [1.54, 1.807) is 0 Å². The molecule has 18 heavy (non-hydrogen) atoms. The zero-order chi connectivity index (χ0) is 12.6. The van der Waals surface area contributed by atoms with E-state index in [0.717, 1.165) is 18.0 Å². The van der Waals surface area contributed by atoms with Crippen LogP contribution >= 0.6 is 0 Å². The Morgan fingerprint density at radius 1 is 1.44 bits per heavy atom. The molecular weight excluding hydrogens is 228 g/mol. The molecule has 1 aromatic carbocycles. The Morgan fingerprint density at radius 2 is 2.28 bits per heavy atom. The van der Waals surface area contributed by atoms with E-state index in [2.05, 4.69) is 17.6 Å². The molecule has 1 saturated carbocycles. The van der Waals surface area contributed by atoms with Gasteiger partial charge >= 0.3 is 0 Å². The largest absolute Gasteiger partial charge is 0.482 e. The maximum atomic E-state index is 11.3. The van der Waals surface area contributed by atoms with Crippen molar-refractivity contribution in [1.82, 2.24) is 5.32 Å². The van der Waals surface area contributed by atoms with Crippen LogP contribution in [-0.4, -0.2) is 18.1 Å². The quantitative estimate of drug-likeness (QED) is 0.858. The number of carbonyl (C=O) groups is 1. The first-order valence-electron chi connectivity index (χ1n) is 6.45. The molecule has 0 atom stereocenters. The number of anilines is 1. The summed E-state index contributed by atoms with van der Waals surface area (Å²) in [5, 5.41) is 6.41. The topological polar surface area (TPSA) is 50.4 Å². The monoisotopic (exact) mass is 246 g/mol. The van der Waals surface area contributed by atoms with Gasteiger partial charge in [-0.15, -0.1) is 0 Å². The number of ether oxygens (including phenoxy) is 1. The van der Waals surface area contributed by atoms with Gasteiger partial charge in [-0.2, -0.15) is 0 Å². The first-order chi connectivity index (χ1) is 8.65. The summed E-state index contributed by atoms with van der Waals surface area (Å²) in [4.78, 5) is 11.3. The summed E-state index contributed by atoms with van der Waals surface area (Å²) >= 11 is 0. The van der Waals surface area contributed by atoms with E-state index in [4.69, 9.17) is 4.74 Å². The van der Waals surface area contributed by atoms with Crippen LogP contribution in [0.5, 0.6) is 5.75 Å². The van der Waals surface area contributed by atoms with E-state index >= 15 is 0 Å². The van der Waals surface area contributed by atoms with Crippen LogP contribution in [0.25, 0.3) is 0 Å². The van der Waals surface area contributed by atoms with Gasteiger partial charge in [-0.05, 0) is 43.9 Å². The molecule has 2 N–H and O–H groups in total. The van der Waals surface area contributed by atoms with Gasteiger partial charge in [0.1, 0.15) is 5.75 Å². The predicted molar refractivity (Wildman–Crippen MR) is 69.7 cm³/mol. The number of rotatable bonds is 3. The zero-order valence-corrected chi connectivity index (χ0v) is 10.6. The predicted octanol–water partition coefficient (Wildman–Crippen LogP) is 2.05. The standard InChI is InChI=1S/C14H18N2O2/c1-14(5-2-6-14)15-8-10-3-4-12-11(7-10)16-13(17)9-18-12/h3-4,7,15H,2,5-6,8-9H2,1H3,(H,16,17). The third-order valence-electron chi connectivity index (χ3n) is 3.85. The van der Waals surface area contributed by atoms with E-state index in [0.29, 0.717) is 5.54 Å². The van der Waals surface area contributed by atoms with Crippen LogP contribution in [0.15, 0.2) is 18.2 Å². The summed E-state index contributed by atoms with van der Waals surface area (Å²) in [5.74, 6) is 0.673. The van der Waals surface area contributed by atoms with E-state index in [-0.39, 0.29) is 12.5 Å². The summed E-state index contributed by atoms with van der Waals surface area (Å²) in [6.45, 7) is 3.21. The number of hydrogen-bond donors (Lipinski definition) is 2. The number of nitrogens with one attached hydrogen (secondary N) is 2. The SMILES string of the molecule is CC1(NCc2ccc3c(c2)NC(=O)CO3)CCC1. The van der Waals surface area contributed by atoms with Gasteiger partial charge in [-0.25, -0.2) is 0 Å². The molecule has 0 radical (unpaired) electrons. The van der Waals surface area contributed by atoms with Gasteiger partial charge in [-0.1, -0.05) is 6.07 Å². The highest BCUT2D eigenvalue weighted by Gasteiger charge is 2.30. The Kier molecular flexibility index (Phi) is 2.74. The van der Waals surface area contributed by atoms with Gasteiger partial charge < -0.3 is 15.4 Å². The normalized spacial score (nSPS) is 20.4. The lowest BCUT2D eigenvalue weighted by atomic mass is 9.78. The van der Waals surface area contributed by atoms with E-state index in [9.17, 15) is 4.79 Å².